The first-order valence-electron chi connectivity index (χ1n) is 8.87. The molecule has 1 aliphatic heterocycles. The summed E-state index contributed by atoms with van der Waals surface area (Å²) in [4.78, 5) is 15.1. The Bertz CT molecular complexity index is 552. The molecule has 1 amide bonds. The molecule has 5 heteroatoms. The Balaban J connectivity index is 0.00000208. The zero-order valence-corrected chi connectivity index (χ0v) is 15.3. The second kappa shape index (κ2) is 8.72. The van der Waals surface area contributed by atoms with Gasteiger partial charge in [0.15, 0.2) is 0 Å². The van der Waals surface area contributed by atoms with E-state index in [9.17, 15) is 4.79 Å². The topological polar surface area (TPSA) is 55.6 Å². The van der Waals surface area contributed by atoms with Gasteiger partial charge >= 0.3 is 0 Å². The van der Waals surface area contributed by atoms with Crippen LogP contribution in [0.25, 0.3) is 0 Å². The van der Waals surface area contributed by atoms with Gasteiger partial charge in [0, 0.05) is 18.5 Å². The van der Waals surface area contributed by atoms with E-state index >= 15 is 0 Å². The van der Waals surface area contributed by atoms with Crippen molar-refractivity contribution in [2.24, 2.45) is 17.6 Å². The fourth-order valence-corrected chi connectivity index (χ4v) is 4.32. The summed E-state index contributed by atoms with van der Waals surface area (Å²) < 4.78 is 5.47. The molecule has 24 heavy (non-hydrogen) atoms. The van der Waals surface area contributed by atoms with Crippen molar-refractivity contribution in [3.8, 4) is 5.75 Å². The number of carbonyl (C=O) groups is 1. The minimum atomic E-state index is 0. The Morgan fingerprint density at radius 2 is 2.04 bits per heavy atom. The van der Waals surface area contributed by atoms with Crippen LogP contribution in [-0.2, 0) is 11.2 Å². The zero-order chi connectivity index (χ0) is 16.2. The Labute approximate surface area is 151 Å². The Morgan fingerprint density at radius 3 is 2.79 bits per heavy atom. The molecule has 1 aromatic rings. The molecule has 0 spiro atoms. The number of hydrogen-bond donors (Lipinski definition) is 1. The van der Waals surface area contributed by atoms with Gasteiger partial charge in [0.25, 0.3) is 0 Å². The van der Waals surface area contributed by atoms with Crippen molar-refractivity contribution in [2.45, 2.75) is 44.6 Å². The van der Waals surface area contributed by atoms with Gasteiger partial charge in [0.05, 0.1) is 7.11 Å². The van der Waals surface area contributed by atoms with Crippen LogP contribution >= 0.6 is 12.4 Å². The highest BCUT2D eigenvalue weighted by Gasteiger charge is 2.38. The lowest BCUT2D eigenvalue weighted by Gasteiger charge is -2.30. The van der Waals surface area contributed by atoms with E-state index < -0.39 is 0 Å². The number of para-hydroxylation sites is 1. The third kappa shape index (κ3) is 3.86. The lowest BCUT2D eigenvalue weighted by molar-refractivity contribution is -0.137. The lowest BCUT2D eigenvalue weighted by Crippen LogP contribution is -2.42. The van der Waals surface area contributed by atoms with Crippen molar-refractivity contribution in [2.75, 3.05) is 20.2 Å². The molecule has 2 aliphatic rings. The molecule has 2 N–H and O–H groups in total. The first-order chi connectivity index (χ1) is 11.2. The van der Waals surface area contributed by atoms with Gasteiger partial charge in [-0.2, -0.15) is 0 Å². The molecule has 1 aromatic carbocycles. The summed E-state index contributed by atoms with van der Waals surface area (Å²) in [6.07, 6.45) is 6.34. The summed E-state index contributed by atoms with van der Waals surface area (Å²) in [6, 6.07) is 8.44. The van der Waals surface area contributed by atoms with E-state index in [2.05, 4.69) is 11.0 Å². The first-order valence-corrected chi connectivity index (χ1v) is 8.87. The quantitative estimate of drug-likeness (QED) is 0.886. The average Bonchev–Trinajstić information content (AvgIpc) is 3.23. The molecule has 1 saturated heterocycles. The number of halogens is 1. The molecule has 134 valence electrons. The number of benzene rings is 1. The highest BCUT2D eigenvalue weighted by atomic mass is 35.5. The zero-order valence-electron chi connectivity index (χ0n) is 14.4. The number of rotatable bonds is 5. The number of methoxy groups -OCH3 is 1. The highest BCUT2D eigenvalue weighted by molar-refractivity contribution is 5.85. The van der Waals surface area contributed by atoms with Gasteiger partial charge < -0.3 is 15.4 Å². The second-order valence-corrected chi connectivity index (χ2v) is 6.88. The molecule has 1 aliphatic carbocycles. The van der Waals surface area contributed by atoms with Crippen molar-refractivity contribution in [1.82, 2.24) is 4.90 Å². The molecule has 1 saturated carbocycles. The van der Waals surface area contributed by atoms with Crippen molar-refractivity contribution in [3.63, 3.8) is 0 Å². The van der Waals surface area contributed by atoms with Crippen LogP contribution < -0.4 is 10.5 Å². The second-order valence-electron chi connectivity index (χ2n) is 6.88. The first kappa shape index (κ1) is 19.1. The predicted octanol–water partition coefficient (Wildman–Crippen LogP) is 3.03. The number of nitrogens with zero attached hydrogens (tertiary/aromatic N) is 1. The minimum absolute atomic E-state index is 0. The smallest absolute Gasteiger partial charge is 0.226 e. The van der Waals surface area contributed by atoms with E-state index in [4.69, 9.17) is 10.5 Å². The van der Waals surface area contributed by atoms with Crippen molar-refractivity contribution in [3.05, 3.63) is 29.8 Å². The molecule has 0 bridgehead atoms. The summed E-state index contributed by atoms with van der Waals surface area (Å²) in [7, 11) is 1.71. The number of nitrogens with two attached hydrogens (primary N) is 1. The van der Waals surface area contributed by atoms with Crippen LogP contribution in [0.3, 0.4) is 0 Å². The van der Waals surface area contributed by atoms with Gasteiger partial charge in [-0.25, -0.2) is 0 Å². The average molecular weight is 353 g/mol. The number of hydrogen-bond acceptors (Lipinski definition) is 3. The van der Waals surface area contributed by atoms with E-state index in [1.54, 1.807) is 7.11 Å². The third-order valence-corrected chi connectivity index (χ3v) is 5.59. The molecule has 3 rings (SSSR count). The fraction of sp³-hybridized carbons (Fsp3) is 0.632. The van der Waals surface area contributed by atoms with Gasteiger partial charge in [0.1, 0.15) is 5.75 Å². The largest absolute Gasteiger partial charge is 0.496 e. The molecule has 1 heterocycles. The summed E-state index contributed by atoms with van der Waals surface area (Å²) in [5.41, 5.74) is 7.07. The Hall–Kier alpha value is -1.26. The molecular formula is C19H29ClN2O2. The minimum Gasteiger partial charge on any atom is -0.496 e. The van der Waals surface area contributed by atoms with E-state index in [-0.39, 0.29) is 18.3 Å². The van der Waals surface area contributed by atoms with Crippen LogP contribution in [0.4, 0.5) is 0 Å². The Morgan fingerprint density at radius 1 is 1.25 bits per heavy atom. The number of likely N-dealkylation sites (tertiary alicyclic amines) is 1. The molecule has 2 fully saturated rings. The van der Waals surface area contributed by atoms with Crippen LogP contribution in [0, 0.1) is 11.8 Å². The summed E-state index contributed by atoms with van der Waals surface area (Å²) >= 11 is 0. The van der Waals surface area contributed by atoms with Crippen molar-refractivity contribution in [1.29, 1.82) is 0 Å². The summed E-state index contributed by atoms with van der Waals surface area (Å²) in [6.45, 7) is 1.54. The summed E-state index contributed by atoms with van der Waals surface area (Å²) in [5.74, 6) is 1.80. The maximum absolute atomic E-state index is 13.0. The maximum Gasteiger partial charge on any atom is 0.226 e. The normalized spacial score (nSPS) is 26.2. The molecule has 0 radical (unpaired) electrons. The van der Waals surface area contributed by atoms with Gasteiger partial charge in [-0.1, -0.05) is 24.6 Å². The van der Waals surface area contributed by atoms with Gasteiger partial charge in [-0.3, -0.25) is 4.79 Å². The van der Waals surface area contributed by atoms with E-state index in [1.165, 1.54) is 5.56 Å². The number of ether oxygens (including phenoxy) is 1. The van der Waals surface area contributed by atoms with Crippen molar-refractivity contribution >= 4 is 18.3 Å². The maximum atomic E-state index is 13.0. The van der Waals surface area contributed by atoms with E-state index in [1.807, 2.05) is 18.2 Å². The van der Waals surface area contributed by atoms with Gasteiger partial charge in [-0.15, -0.1) is 12.4 Å². The number of carbonyl (C=O) groups excluding carboxylic acids is 1. The SMILES string of the molecule is COc1ccccc1CC1CCCN1C(=O)[C@@H]1CCC[C@@H]1CN.Cl. The van der Waals surface area contributed by atoms with E-state index in [0.717, 1.165) is 50.8 Å². The fourth-order valence-electron chi connectivity index (χ4n) is 4.32. The monoisotopic (exact) mass is 352 g/mol. The lowest BCUT2D eigenvalue weighted by atomic mass is 9.94. The molecular weight excluding hydrogens is 324 g/mol. The molecule has 3 atom stereocenters. The van der Waals surface area contributed by atoms with Crippen LogP contribution in [0.15, 0.2) is 24.3 Å². The van der Waals surface area contributed by atoms with Gasteiger partial charge in [-0.05, 0) is 56.2 Å². The standard InChI is InChI=1S/C19H28N2O2.ClH/c1-23-18-10-3-2-6-14(18)12-16-8-5-11-21(16)19(22)17-9-4-7-15(17)13-20;/h2-3,6,10,15-17H,4-5,7-9,11-13,20H2,1H3;1H/t15-,16?,17-;/m1./s1. The Kier molecular flexibility index (Phi) is 6.93. The highest BCUT2D eigenvalue weighted by Crippen LogP contribution is 2.35. The van der Waals surface area contributed by atoms with Crippen LogP contribution in [-0.4, -0.2) is 37.0 Å². The molecule has 4 nitrogen and oxygen atoms in total. The van der Waals surface area contributed by atoms with Crippen LogP contribution in [0.1, 0.15) is 37.7 Å². The summed E-state index contributed by atoms with van der Waals surface area (Å²) in [5, 5.41) is 0. The third-order valence-electron chi connectivity index (χ3n) is 5.59. The van der Waals surface area contributed by atoms with Crippen LogP contribution in [0.5, 0.6) is 5.75 Å². The van der Waals surface area contributed by atoms with Crippen LogP contribution in [0.2, 0.25) is 0 Å². The molecule has 0 aromatic heterocycles. The molecule has 1 unspecified atom stereocenters. The number of amides is 1. The predicted molar refractivity (Wildman–Crippen MR) is 98.6 cm³/mol. The van der Waals surface area contributed by atoms with E-state index in [0.29, 0.717) is 24.4 Å². The van der Waals surface area contributed by atoms with Gasteiger partial charge in [0.2, 0.25) is 5.91 Å². The van der Waals surface area contributed by atoms with Crippen molar-refractivity contribution < 1.29 is 9.53 Å².